The van der Waals surface area contributed by atoms with E-state index >= 15 is 0 Å². The number of rotatable bonds is 1. The van der Waals surface area contributed by atoms with Crippen molar-refractivity contribution in [3.8, 4) is 0 Å². The summed E-state index contributed by atoms with van der Waals surface area (Å²) in [5, 5.41) is 0. The predicted octanol–water partition coefficient (Wildman–Crippen LogP) is 2.41. The van der Waals surface area contributed by atoms with Crippen LogP contribution in [0.15, 0.2) is 0 Å². The van der Waals surface area contributed by atoms with Gasteiger partial charge >= 0.3 is 0 Å². The van der Waals surface area contributed by atoms with Crippen LogP contribution in [0.25, 0.3) is 0 Å². The Morgan fingerprint density at radius 3 is 1.30 bits per heavy atom. The van der Waals surface area contributed by atoms with E-state index in [1.165, 1.54) is 0 Å². The lowest BCUT2D eigenvalue weighted by atomic mass is 9.69. The maximum Gasteiger partial charge on any atom is 0.0198 e. The van der Waals surface area contributed by atoms with Gasteiger partial charge in [-0.1, -0.05) is 34.6 Å². The third-order valence-electron chi connectivity index (χ3n) is 2.82. The van der Waals surface area contributed by atoms with E-state index < -0.39 is 0 Å². The zero-order valence-corrected chi connectivity index (χ0v) is 8.15. The molecule has 62 valence electrons. The van der Waals surface area contributed by atoms with Crippen molar-refractivity contribution < 1.29 is 0 Å². The first-order chi connectivity index (χ1) is 4.19. The molecule has 0 aliphatic rings. The van der Waals surface area contributed by atoms with Crippen LogP contribution in [0.4, 0.5) is 0 Å². The monoisotopic (exact) mass is 143 g/mol. The van der Waals surface area contributed by atoms with Crippen molar-refractivity contribution in [1.29, 1.82) is 0 Å². The second-order valence-electron chi connectivity index (χ2n) is 4.69. The largest absolute Gasteiger partial charge is 0.325 e. The Balaban J connectivity index is 4.40. The van der Waals surface area contributed by atoms with Crippen LogP contribution in [0, 0.1) is 11.3 Å². The van der Waals surface area contributed by atoms with Gasteiger partial charge in [-0.25, -0.2) is 0 Å². The first-order valence-corrected chi connectivity index (χ1v) is 3.98. The van der Waals surface area contributed by atoms with Crippen LogP contribution in [0.2, 0.25) is 0 Å². The zero-order valence-electron chi connectivity index (χ0n) is 8.15. The minimum absolute atomic E-state index is 0.0625. The van der Waals surface area contributed by atoms with Crippen LogP contribution in [0.5, 0.6) is 0 Å². The molecular formula is C9H21N. The maximum atomic E-state index is 6.14. The summed E-state index contributed by atoms with van der Waals surface area (Å²) in [6.07, 6.45) is 0. The van der Waals surface area contributed by atoms with Gasteiger partial charge in [0.15, 0.2) is 0 Å². The van der Waals surface area contributed by atoms with Gasteiger partial charge in [-0.3, -0.25) is 0 Å². The molecule has 0 saturated carbocycles. The molecule has 0 radical (unpaired) electrons. The van der Waals surface area contributed by atoms with Crippen LogP contribution in [-0.4, -0.2) is 5.54 Å². The molecule has 0 saturated heterocycles. The van der Waals surface area contributed by atoms with E-state index in [4.69, 9.17) is 5.73 Å². The van der Waals surface area contributed by atoms with Gasteiger partial charge in [0.25, 0.3) is 0 Å². The van der Waals surface area contributed by atoms with E-state index in [0.29, 0.717) is 5.92 Å². The Kier molecular flexibility index (Phi) is 2.53. The molecule has 2 N–H and O–H groups in total. The smallest absolute Gasteiger partial charge is 0.0198 e. The Morgan fingerprint density at radius 1 is 1.00 bits per heavy atom. The Hall–Kier alpha value is -0.0400. The summed E-state index contributed by atoms with van der Waals surface area (Å²) in [6.45, 7) is 13.0. The van der Waals surface area contributed by atoms with Crippen molar-refractivity contribution in [1.82, 2.24) is 0 Å². The van der Waals surface area contributed by atoms with Gasteiger partial charge in [-0.15, -0.1) is 0 Å². The van der Waals surface area contributed by atoms with Crippen LogP contribution >= 0.6 is 0 Å². The first kappa shape index (κ1) is 9.96. The molecule has 1 nitrogen and oxygen atoms in total. The lowest BCUT2D eigenvalue weighted by Gasteiger charge is -2.42. The molecule has 1 unspecified atom stereocenters. The molecule has 0 bridgehead atoms. The van der Waals surface area contributed by atoms with Crippen LogP contribution in [-0.2, 0) is 0 Å². The first-order valence-electron chi connectivity index (χ1n) is 3.98. The third kappa shape index (κ3) is 1.72. The van der Waals surface area contributed by atoms with Gasteiger partial charge in [0.2, 0.25) is 0 Å². The summed E-state index contributed by atoms with van der Waals surface area (Å²) in [6, 6.07) is 0. The average molecular weight is 143 g/mol. The highest BCUT2D eigenvalue weighted by Gasteiger charge is 2.35. The summed E-state index contributed by atoms with van der Waals surface area (Å²) in [7, 11) is 0. The third-order valence-corrected chi connectivity index (χ3v) is 2.82. The fourth-order valence-electron chi connectivity index (χ4n) is 0.866. The SMILES string of the molecule is CC(C)C(C)(N)C(C)(C)C. The van der Waals surface area contributed by atoms with E-state index in [0.717, 1.165) is 0 Å². The van der Waals surface area contributed by atoms with Crippen LogP contribution < -0.4 is 5.73 Å². The average Bonchev–Trinajstić information content (AvgIpc) is 1.62. The highest BCUT2D eigenvalue weighted by atomic mass is 14.8. The molecule has 1 heteroatoms. The summed E-state index contributed by atoms with van der Waals surface area (Å²) in [5.41, 5.74) is 6.27. The zero-order chi connectivity index (χ0) is 8.58. The van der Waals surface area contributed by atoms with E-state index in [9.17, 15) is 0 Å². The molecule has 0 heterocycles. The normalized spacial score (nSPS) is 19.2. The van der Waals surface area contributed by atoms with E-state index in [1.54, 1.807) is 0 Å². The molecule has 0 aromatic carbocycles. The molecule has 0 amide bonds. The Morgan fingerprint density at radius 2 is 1.30 bits per heavy atom. The highest BCUT2D eigenvalue weighted by molar-refractivity contribution is 4.93. The van der Waals surface area contributed by atoms with E-state index in [2.05, 4.69) is 41.5 Å². The van der Waals surface area contributed by atoms with Gasteiger partial charge in [0.05, 0.1) is 0 Å². The molecule has 1 atom stereocenters. The quantitative estimate of drug-likeness (QED) is 0.599. The van der Waals surface area contributed by atoms with E-state index in [-0.39, 0.29) is 11.0 Å². The highest BCUT2D eigenvalue weighted by Crippen LogP contribution is 2.33. The molecular weight excluding hydrogens is 122 g/mol. The summed E-state index contributed by atoms with van der Waals surface area (Å²) in [4.78, 5) is 0. The number of hydrogen-bond acceptors (Lipinski definition) is 1. The van der Waals surface area contributed by atoms with Gasteiger partial charge < -0.3 is 5.73 Å². The maximum absolute atomic E-state index is 6.14. The fourth-order valence-corrected chi connectivity index (χ4v) is 0.866. The summed E-state index contributed by atoms with van der Waals surface area (Å²) >= 11 is 0. The second kappa shape index (κ2) is 2.54. The summed E-state index contributed by atoms with van der Waals surface area (Å²) in [5.74, 6) is 0.535. The molecule has 0 aliphatic carbocycles. The molecule has 0 fully saturated rings. The second-order valence-corrected chi connectivity index (χ2v) is 4.69. The molecule has 10 heavy (non-hydrogen) atoms. The van der Waals surface area contributed by atoms with Crippen molar-refractivity contribution >= 4 is 0 Å². The minimum Gasteiger partial charge on any atom is -0.325 e. The van der Waals surface area contributed by atoms with Crippen LogP contribution in [0.1, 0.15) is 41.5 Å². The lowest BCUT2D eigenvalue weighted by Crippen LogP contribution is -2.52. The minimum atomic E-state index is -0.0625. The lowest BCUT2D eigenvalue weighted by molar-refractivity contribution is 0.149. The standard InChI is InChI=1S/C9H21N/c1-7(2)9(6,10)8(3,4)5/h7H,10H2,1-6H3. The van der Waals surface area contributed by atoms with Gasteiger partial charge in [0.1, 0.15) is 0 Å². The Labute approximate surface area is 65.0 Å². The number of hydrogen-bond donors (Lipinski definition) is 1. The van der Waals surface area contributed by atoms with Gasteiger partial charge in [0, 0.05) is 5.54 Å². The van der Waals surface area contributed by atoms with Crippen molar-refractivity contribution in [2.45, 2.75) is 47.1 Å². The summed E-state index contributed by atoms with van der Waals surface area (Å²) < 4.78 is 0. The molecule has 0 aromatic rings. The molecule has 0 aliphatic heterocycles. The molecule has 0 spiro atoms. The van der Waals surface area contributed by atoms with Crippen LogP contribution in [0.3, 0.4) is 0 Å². The van der Waals surface area contributed by atoms with Crippen molar-refractivity contribution in [2.24, 2.45) is 17.1 Å². The predicted molar refractivity (Wildman–Crippen MR) is 46.9 cm³/mol. The molecule has 0 aromatic heterocycles. The fraction of sp³-hybridized carbons (Fsp3) is 1.00. The van der Waals surface area contributed by atoms with Crippen molar-refractivity contribution in [3.05, 3.63) is 0 Å². The van der Waals surface area contributed by atoms with Crippen molar-refractivity contribution in [2.75, 3.05) is 0 Å². The van der Waals surface area contributed by atoms with E-state index in [1.807, 2.05) is 0 Å². The topological polar surface area (TPSA) is 26.0 Å². The van der Waals surface area contributed by atoms with Gasteiger partial charge in [-0.05, 0) is 18.3 Å². The van der Waals surface area contributed by atoms with Gasteiger partial charge in [-0.2, -0.15) is 0 Å². The van der Waals surface area contributed by atoms with Crippen molar-refractivity contribution in [3.63, 3.8) is 0 Å². The Bertz CT molecular complexity index is 106. The molecule has 0 rings (SSSR count). The number of nitrogens with two attached hydrogens (primary N) is 1.